The van der Waals surface area contributed by atoms with Gasteiger partial charge in [0.15, 0.2) is 0 Å². The third kappa shape index (κ3) is 0.891. The van der Waals surface area contributed by atoms with Crippen LogP contribution in [0.25, 0.3) is 0 Å². The smallest absolute Gasteiger partial charge is 0.112 e. The fourth-order valence-corrected chi connectivity index (χ4v) is 4.25. The summed E-state index contributed by atoms with van der Waals surface area (Å²) < 4.78 is 14.0. The van der Waals surface area contributed by atoms with Crippen LogP contribution in [0.2, 0.25) is 0 Å². The summed E-state index contributed by atoms with van der Waals surface area (Å²) >= 11 is 6.27. The van der Waals surface area contributed by atoms with E-state index in [4.69, 9.17) is 11.6 Å². The Morgan fingerprint density at radius 3 is 2.17 bits per heavy atom. The molecular weight excluding hydrogens is 175 g/mol. The Kier molecular flexibility index (Phi) is 1.38. The van der Waals surface area contributed by atoms with Crippen LogP contribution in [0.3, 0.4) is 0 Å². The van der Waals surface area contributed by atoms with Gasteiger partial charge in [-0.3, -0.25) is 0 Å². The maximum absolute atomic E-state index is 14.0. The largest absolute Gasteiger partial charge is 0.244 e. The molecule has 4 saturated carbocycles. The molecule has 12 heavy (non-hydrogen) atoms. The van der Waals surface area contributed by atoms with Crippen LogP contribution in [-0.4, -0.2) is 11.0 Å². The third-order valence-corrected chi connectivity index (χ3v) is 4.80. The lowest BCUT2D eigenvalue weighted by Gasteiger charge is -2.55. The third-order valence-electron chi connectivity index (χ3n) is 4.08. The highest BCUT2D eigenvalue weighted by atomic mass is 35.5. The second-order valence-corrected chi connectivity index (χ2v) is 5.57. The van der Waals surface area contributed by atoms with Crippen molar-refractivity contribution in [1.29, 1.82) is 0 Å². The van der Waals surface area contributed by atoms with Crippen molar-refractivity contribution in [2.24, 2.45) is 17.8 Å². The van der Waals surface area contributed by atoms with Crippen molar-refractivity contribution in [3.63, 3.8) is 0 Å². The molecule has 0 amide bonds. The second-order valence-electron chi connectivity index (χ2n) is 5.07. The molecule has 2 heteroatoms. The molecule has 0 nitrogen and oxygen atoms in total. The van der Waals surface area contributed by atoms with Crippen molar-refractivity contribution in [3.8, 4) is 0 Å². The summed E-state index contributed by atoms with van der Waals surface area (Å²) in [5, 5.41) is 0.297. The molecule has 0 aromatic rings. The van der Waals surface area contributed by atoms with E-state index in [2.05, 4.69) is 0 Å². The van der Waals surface area contributed by atoms with Gasteiger partial charge in [-0.25, -0.2) is 4.39 Å². The van der Waals surface area contributed by atoms with E-state index < -0.39 is 5.67 Å². The first-order valence-corrected chi connectivity index (χ1v) is 5.43. The average molecular weight is 189 g/mol. The van der Waals surface area contributed by atoms with Gasteiger partial charge in [-0.15, -0.1) is 11.6 Å². The van der Waals surface area contributed by atoms with Gasteiger partial charge < -0.3 is 0 Å². The Labute approximate surface area is 77.5 Å². The molecule has 0 aromatic heterocycles. The first-order chi connectivity index (χ1) is 5.66. The summed E-state index contributed by atoms with van der Waals surface area (Å²) in [6.07, 6.45) is 4.76. The molecule has 0 saturated heterocycles. The number of halogens is 2. The van der Waals surface area contributed by atoms with E-state index >= 15 is 0 Å². The monoisotopic (exact) mass is 188 g/mol. The van der Waals surface area contributed by atoms with Crippen molar-refractivity contribution in [2.75, 3.05) is 0 Å². The summed E-state index contributed by atoms with van der Waals surface area (Å²) in [6.45, 7) is 0. The summed E-state index contributed by atoms with van der Waals surface area (Å²) in [6, 6.07) is 0. The van der Waals surface area contributed by atoms with Gasteiger partial charge in [0, 0.05) is 5.38 Å². The number of alkyl halides is 2. The fourth-order valence-electron chi connectivity index (χ4n) is 3.86. The van der Waals surface area contributed by atoms with Crippen LogP contribution in [0.5, 0.6) is 0 Å². The quantitative estimate of drug-likeness (QED) is 0.513. The van der Waals surface area contributed by atoms with E-state index in [-0.39, 0.29) is 0 Å². The van der Waals surface area contributed by atoms with Crippen LogP contribution in [0, 0.1) is 17.8 Å². The van der Waals surface area contributed by atoms with E-state index in [9.17, 15) is 4.39 Å². The molecule has 68 valence electrons. The molecular formula is C10H14ClF. The summed E-state index contributed by atoms with van der Waals surface area (Å²) in [7, 11) is 0. The molecule has 0 aliphatic heterocycles. The summed E-state index contributed by atoms with van der Waals surface area (Å²) in [5.74, 6) is 1.67. The van der Waals surface area contributed by atoms with E-state index in [1.54, 1.807) is 0 Å². The normalized spacial score (nSPS) is 62.5. The van der Waals surface area contributed by atoms with Gasteiger partial charge in [0.05, 0.1) is 0 Å². The van der Waals surface area contributed by atoms with Gasteiger partial charge >= 0.3 is 0 Å². The molecule has 2 unspecified atom stereocenters. The molecule has 4 rings (SSSR count). The van der Waals surface area contributed by atoms with Crippen molar-refractivity contribution < 1.29 is 4.39 Å². The minimum absolute atomic E-state index is 0.297. The van der Waals surface area contributed by atoms with Crippen LogP contribution in [0.4, 0.5) is 4.39 Å². The molecule has 4 fully saturated rings. The SMILES string of the molecule is FC12CC3CC(C1)C(Cl)C(C3)C2. The lowest BCUT2D eigenvalue weighted by molar-refractivity contribution is -0.0696. The maximum atomic E-state index is 14.0. The van der Waals surface area contributed by atoms with E-state index in [0.717, 1.165) is 19.3 Å². The molecule has 2 atom stereocenters. The van der Waals surface area contributed by atoms with Gasteiger partial charge in [-0.1, -0.05) is 0 Å². The highest BCUT2D eigenvalue weighted by molar-refractivity contribution is 6.21. The van der Waals surface area contributed by atoms with Crippen molar-refractivity contribution in [1.82, 2.24) is 0 Å². The zero-order chi connectivity index (χ0) is 8.34. The first kappa shape index (κ1) is 7.61. The summed E-state index contributed by atoms with van der Waals surface area (Å²) in [5.41, 5.74) is -0.804. The Hall–Kier alpha value is 0.220. The Bertz CT molecular complexity index is 200. The van der Waals surface area contributed by atoms with Crippen LogP contribution >= 0.6 is 11.6 Å². The first-order valence-electron chi connectivity index (χ1n) is 4.99. The van der Waals surface area contributed by atoms with Crippen molar-refractivity contribution in [3.05, 3.63) is 0 Å². The zero-order valence-corrected chi connectivity index (χ0v) is 7.86. The Morgan fingerprint density at radius 1 is 1.08 bits per heavy atom. The highest BCUT2D eigenvalue weighted by Gasteiger charge is 2.55. The Morgan fingerprint density at radius 2 is 1.67 bits per heavy atom. The van der Waals surface area contributed by atoms with E-state index in [1.165, 1.54) is 12.8 Å². The molecule has 0 radical (unpaired) electrons. The number of hydrogen-bond donors (Lipinski definition) is 0. The van der Waals surface area contributed by atoms with E-state index in [1.807, 2.05) is 0 Å². The lowest BCUT2D eigenvalue weighted by Crippen LogP contribution is -2.53. The molecule has 4 bridgehead atoms. The predicted molar refractivity (Wildman–Crippen MR) is 47.0 cm³/mol. The molecule has 0 spiro atoms. The molecule has 0 N–H and O–H groups in total. The zero-order valence-electron chi connectivity index (χ0n) is 7.10. The average Bonchev–Trinajstić information content (AvgIpc) is 1.96. The van der Waals surface area contributed by atoms with Gasteiger partial charge in [0.25, 0.3) is 0 Å². The maximum Gasteiger partial charge on any atom is 0.112 e. The van der Waals surface area contributed by atoms with Gasteiger partial charge in [-0.2, -0.15) is 0 Å². The van der Waals surface area contributed by atoms with Gasteiger partial charge in [0.1, 0.15) is 5.67 Å². The topological polar surface area (TPSA) is 0 Å². The lowest BCUT2D eigenvalue weighted by atomic mass is 9.55. The predicted octanol–water partition coefficient (Wildman–Crippen LogP) is 3.14. The van der Waals surface area contributed by atoms with Gasteiger partial charge in [-0.05, 0) is 49.9 Å². The number of hydrogen-bond acceptors (Lipinski definition) is 0. The van der Waals surface area contributed by atoms with E-state index in [0.29, 0.717) is 23.1 Å². The molecule has 0 aromatic carbocycles. The minimum atomic E-state index is -0.804. The molecule has 4 aliphatic carbocycles. The molecule has 0 heterocycles. The standard InChI is InChI=1S/C10H14ClF/c11-9-7-1-6-2-8(9)5-10(12,3-6)4-7/h6-9H,1-5H2. The van der Waals surface area contributed by atoms with Gasteiger partial charge in [0.2, 0.25) is 0 Å². The Balaban J connectivity index is 1.95. The van der Waals surface area contributed by atoms with Crippen LogP contribution in [0.1, 0.15) is 32.1 Å². The minimum Gasteiger partial charge on any atom is -0.244 e. The van der Waals surface area contributed by atoms with Crippen molar-refractivity contribution >= 4 is 11.6 Å². The van der Waals surface area contributed by atoms with Crippen LogP contribution in [-0.2, 0) is 0 Å². The fraction of sp³-hybridized carbons (Fsp3) is 1.00. The van der Waals surface area contributed by atoms with Crippen LogP contribution < -0.4 is 0 Å². The molecule has 4 aliphatic rings. The highest BCUT2D eigenvalue weighted by Crippen LogP contribution is 2.58. The second kappa shape index (κ2) is 2.17. The summed E-state index contributed by atoms with van der Waals surface area (Å²) in [4.78, 5) is 0. The van der Waals surface area contributed by atoms with Crippen LogP contribution in [0.15, 0.2) is 0 Å². The van der Waals surface area contributed by atoms with Crippen molar-refractivity contribution in [2.45, 2.75) is 43.1 Å². The number of rotatable bonds is 0.